The maximum atomic E-state index is 4.30. The summed E-state index contributed by atoms with van der Waals surface area (Å²) >= 11 is 0. The molecule has 0 bridgehead atoms. The molecular weight excluding hydrogens is 276 g/mol. The lowest BCUT2D eigenvalue weighted by atomic mass is 10.3. The molecule has 0 N–H and O–H groups in total. The first kappa shape index (κ1) is 14.2. The van der Waals surface area contributed by atoms with Crippen molar-refractivity contribution >= 4 is 11.3 Å². The van der Waals surface area contributed by atoms with Crippen molar-refractivity contribution in [1.82, 2.24) is 29.2 Å². The van der Waals surface area contributed by atoms with Crippen LogP contribution in [-0.2, 0) is 0 Å². The van der Waals surface area contributed by atoms with Crippen LogP contribution in [0.25, 0.3) is 11.3 Å². The second-order valence-electron chi connectivity index (χ2n) is 5.28. The molecule has 0 unspecified atom stereocenters. The molecule has 6 heteroatoms. The highest BCUT2D eigenvalue weighted by Gasteiger charge is 1.98. The van der Waals surface area contributed by atoms with E-state index >= 15 is 0 Å². The Hall–Kier alpha value is -2.76. The highest BCUT2D eigenvalue weighted by Crippen LogP contribution is 2.05. The normalized spacial score (nSPS) is 10.7. The van der Waals surface area contributed by atoms with Gasteiger partial charge in [0.2, 0.25) is 0 Å². The number of aryl methyl sites for hydroxylation is 4. The number of hydrogen-bond acceptors (Lipinski definition) is 4. The first-order chi connectivity index (χ1) is 10.5. The van der Waals surface area contributed by atoms with Gasteiger partial charge in [-0.05, 0) is 39.8 Å². The molecule has 0 radical (unpaired) electrons. The molecule has 4 rings (SSSR count). The average molecular weight is 294 g/mol. The average Bonchev–Trinajstić information content (AvgIpc) is 3.07. The van der Waals surface area contributed by atoms with Gasteiger partial charge in [-0.1, -0.05) is 0 Å². The Kier molecular flexibility index (Phi) is 3.58. The first-order valence-electron chi connectivity index (χ1n) is 7.10. The van der Waals surface area contributed by atoms with E-state index in [-0.39, 0.29) is 0 Å². The van der Waals surface area contributed by atoms with Crippen LogP contribution in [0, 0.1) is 27.7 Å². The zero-order chi connectivity index (χ0) is 15.7. The Morgan fingerprint density at radius 2 is 1.09 bits per heavy atom. The molecule has 0 spiro atoms. The largest absolute Gasteiger partial charge is 0.234 e. The number of aromatic nitrogens is 6. The first-order valence-corrected chi connectivity index (χ1v) is 7.10. The maximum Gasteiger partial charge on any atom is 0.155 e. The summed E-state index contributed by atoms with van der Waals surface area (Å²) in [6, 6.07) is 7.83. The summed E-state index contributed by atoms with van der Waals surface area (Å²) in [6.07, 6.45) is 3.52. The monoisotopic (exact) mass is 294 g/mol. The third-order valence-electron chi connectivity index (χ3n) is 3.33. The molecule has 0 aliphatic rings. The van der Waals surface area contributed by atoms with E-state index in [4.69, 9.17) is 0 Å². The standard InChI is InChI=1S/2C8H9N3/c2*1-6-5-7(2)11-8(10-6)3-4-9-11/h2*3-5H,1-2H3. The van der Waals surface area contributed by atoms with Crippen molar-refractivity contribution < 1.29 is 0 Å². The summed E-state index contributed by atoms with van der Waals surface area (Å²) in [5.74, 6) is 0. The van der Waals surface area contributed by atoms with E-state index in [1.54, 1.807) is 12.4 Å². The fraction of sp³-hybridized carbons (Fsp3) is 0.250. The van der Waals surface area contributed by atoms with E-state index in [9.17, 15) is 0 Å². The zero-order valence-electron chi connectivity index (χ0n) is 13.1. The topological polar surface area (TPSA) is 60.4 Å². The van der Waals surface area contributed by atoms with Crippen LogP contribution in [0.5, 0.6) is 0 Å². The van der Waals surface area contributed by atoms with Gasteiger partial charge in [-0.25, -0.2) is 19.0 Å². The molecule has 6 nitrogen and oxygen atoms in total. The van der Waals surface area contributed by atoms with Gasteiger partial charge in [0.25, 0.3) is 0 Å². The highest BCUT2D eigenvalue weighted by molar-refractivity contribution is 5.38. The minimum atomic E-state index is 0.919. The highest BCUT2D eigenvalue weighted by atomic mass is 15.3. The summed E-state index contributed by atoms with van der Waals surface area (Å²) in [5.41, 5.74) is 6.16. The summed E-state index contributed by atoms with van der Waals surface area (Å²) < 4.78 is 3.65. The van der Waals surface area contributed by atoms with Gasteiger partial charge in [-0.3, -0.25) is 0 Å². The van der Waals surface area contributed by atoms with Crippen molar-refractivity contribution in [2.75, 3.05) is 0 Å². The van der Waals surface area contributed by atoms with Crippen molar-refractivity contribution in [3.63, 3.8) is 0 Å². The van der Waals surface area contributed by atoms with Gasteiger partial charge in [-0.2, -0.15) is 10.2 Å². The Balaban J connectivity index is 0.000000131. The van der Waals surface area contributed by atoms with Crippen LogP contribution in [0.4, 0.5) is 0 Å². The lowest BCUT2D eigenvalue weighted by Crippen LogP contribution is -1.96. The fourth-order valence-corrected chi connectivity index (χ4v) is 2.46. The Labute approximate surface area is 128 Å². The van der Waals surface area contributed by atoms with Crippen LogP contribution in [0.15, 0.2) is 36.7 Å². The van der Waals surface area contributed by atoms with E-state index in [2.05, 4.69) is 20.2 Å². The molecule has 22 heavy (non-hydrogen) atoms. The van der Waals surface area contributed by atoms with Crippen LogP contribution in [0.3, 0.4) is 0 Å². The summed E-state index contributed by atoms with van der Waals surface area (Å²) in [6.45, 7) is 8.02. The maximum absolute atomic E-state index is 4.30. The van der Waals surface area contributed by atoms with Crippen LogP contribution >= 0.6 is 0 Å². The zero-order valence-corrected chi connectivity index (χ0v) is 13.1. The van der Waals surface area contributed by atoms with Crippen molar-refractivity contribution in [3.05, 3.63) is 59.4 Å². The summed E-state index contributed by atoms with van der Waals surface area (Å²) in [4.78, 5) is 8.59. The van der Waals surface area contributed by atoms with Crippen LogP contribution in [0.1, 0.15) is 22.8 Å². The molecule has 0 aliphatic carbocycles. The smallest absolute Gasteiger partial charge is 0.155 e. The Morgan fingerprint density at radius 3 is 1.50 bits per heavy atom. The van der Waals surface area contributed by atoms with Gasteiger partial charge in [0.15, 0.2) is 11.3 Å². The Bertz CT molecular complexity index is 856. The van der Waals surface area contributed by atoms with Crippen molar-refractivity contribution in [1.29, 1.82) is 0 Å². The van der Waals surface area contributed by atoms with Crippen LogP contribution in [-0.4, -0.2) is 29.2 Å². The molecule has 4 aromatic heterocycles. The molecule has 112 valence electrons. The Morgan fingerprint density at radius 1 is 0.682 bits per heavy atom. The molecule has 0 saturated carbocycles. The molecule has 0 fully saturated rings. The minimum Gasteiger partial charge on any atom is -0.234 e. The van der Waals surface area contributed by atoms with E-state index in [1.165, 1.54) is 0 Å². The van der Waals surface area contributed by atoms with E-state index in [0.717, 1.165) is 34.1 Å². The van der Waals surface area contributed by atoms with Crippen LogP contribution < -0.4 is 0 Å². The summed E-state index contributed by atoms with van der Waals surface area (Å²) in [7, 11) is 0. The lowest BCUT2D eigenvalue weighted by molar-refractivity contribution is 0.886. The molecule has 0 aromatic carbocycles. The SMILES string of the molecule is Cc1cc(C)n2nccc2n1.Cc1cc(C)n2nccc2n1. The van der Waals surface area contributed by atoms with Gasteiger partial charge in [0.1, 0.15) is 0 Å². The minimum absolute atomic E-state index is 0.919. The third-order valence-corrected chi connectivity index (χ3v) is 3.33. The number of rotatable bonds is 0. The van der Waals surface area contributed by atoms with Crippen molar-refractivity contribution in [2.24, 2.45) is 0 Å². The fourth-order valence-electron chi connectivity index (χ4n) is 2.46. The van der Waals surface area contributed by atoms with E-state index < -0.39 is 0 Å². The summed E-state index contributed by atoms with van der Waals surface area (Å²) in [5, 5.41) is 8.23. The molecule has 0 aliphatic heterocycles. The predicted molar refractivity (Wildman–Crippen MR) is 84.9 cm³/mol. The van der Waals surface area contributed by atoms with Gasteiger partial charge >= 0.3 is 0 Å². The second-order valence-corrected chi connectivity index (χ2v) is 5.28. The van der Waals surface area contributed by atoms with Gasteiger partial charge in [0.05, 0.1) is 12.4 Å². The molecule has 0 atom stereocenters. The number of hydrogen-bond donors (Lipinski definition) is 0. The number of nitrogens with zero attached hydrogens (tertiary/aromatic N) is 6. The van der Waals surface area contributed by atoms with Crippen molar-refractivity contribution in [2.45, 2.75) is 27.7 Å². The van der Waals surface area contributed by atoms with Crippen molar-refractivity contribution in [3.8, 4) is 0 Å². The molecular formula is C16H18N6. The van der Waals surface area contributed by atoms with Gasteiger partial charge < -0.3 is 0 Å². The second kappa shape index (κ2) is 5.55. The predicted octanol–water partition coefficient (Wildman–Crippen LogP) is 2.69. The van der Waals surface area contributed by atoms with E-state index in [0.29, 0.717) is 0 Å². The van der Waals surface area contributed by atoms with Crippen LogP contribution in [0.2, 0.25) is 0 Å². The quantitative estimate of drug-likeness (QED) is 0.500. The molecule has 0 amide bonds. The van der Waals surface area contributed by atoms with Gasteiger partial charge in [-0.15, -0.1) is 0 Å². The van der Waals surface area contributed by atoms with Gasteiger partial charge in [0, 0.05) is 34.9 Å². The molecule has 4 heterocycles. The van der Waals surface area contributed by atoms with E-state index in [1.807, 2.05) is 61.0 Å². The molecule has 0 saturated heterocycles. The lowest BCUT2D eigenvalue weighted by Gasteiger charge is -1.98. The number of fused-ring (bicyclic) bond motifs is 2. The third kappa shape index (κ3) is 2.67. The molecule has 4 aromatic rings.